The van der Waals surface area contributed by atoms with E-state index in [-0.39, 0.29) is 16.7 Å². The molecule has 1 aromatic carbocycles. The number of carbonyl (C=O) groups is 1. The summed E-state index contributed by atoms with van der Waals surface area (Å²) < 4.78 is 41.2. The van der Waals surface area contributed by atoms with E-state index in [1.54, 1.807) is 0 Å². The molecule has 0 atom stereocenters. The van der Waals surface area contributed by atoms with E-state index in [0.717, 1.165) is 6.07 Å². The van der Waals surface area contributed by atoms with Crippen molar-refractivity contribution < 1.29 is 27.5 Å². The van der Waals surface area contributed by atoms with E-state index in [0.29, 0.717) is 0 Å². The van der Waals surface area contributed by atoms with Crippen LogP contribution in [0.2, 0.25) is 0 Å². The molecule has 0 fully saturated rings. The number of para-hydroxylation sites is 1. The van der Waals surface area contributed by atoms with E-state index in [1.165, 1.54) is 12.1 Å². The molecule has 0 spiro atoms. The summed E-state index contributed by atoms with van der Waals surface area (Å²) in [5, 5.41) is 8.73. The Bertz CT molecular complexity index is 559. The van der Waals surface area contributed by atoms with Gasteiger partial charge in [0.15, 0.2) is 5.58 Å². The summed E-state index contributed by atoms with van der Waals surface area (Å²) in [5.74, 6) is -2.81. The summed E-state index contributed by atoms with van der Waals surface area (Å²) in [6, 6.07) is 3.70. The van der Waals surface area contributed by atoms with Gasteiger partial charge in [-0.05, 0) is 12.1 Å². The van der Waals surface area contributed by atoms with E-state index in [9.17, 15) is 18.0 Å². The van der Waals surface area contributed by atoms with Crippen molar-refractivity contribution >= 4 is 17.1 Å². The number of oxazole rings is 1. The number of benzene rings is 1. The zero-order valence-corrected chi connectivity index (χ0v) is 7.58. The Morgan fingerprint density at radius 2 is 2.06 bits per heavy atom. The Morgan fingerprint density at radius 1 is 1.38 bits per heavy atom. The van der Waals surface area contributed by atoms with Gasteiger partial charge in [-0.2, -0.15) is 13.2 Å². The number of hydrogen-bond acceptors (Lipinski definition) is 3. The van der Waals surface area contributed by atoms with Gasteiger partial charge in [-0.1, -0.05) is 6.07 Å². The molecule has 1 heterocycles. The molecule has 2 rings (SSSR count). The normalized spacial score (nSPS) is 11.9. The number of fused-ring (bicyclic) bond motifs is 1. The fourth-order valence-electron chi connectivity index (χ4n) is 1.24. The lowest BCUT2D eigenvalue weighted by Crippen LogP contribution is -2.04. The first-order valence-corrected chi connectivity index (χ1v) is 4.09. The first-order valence-electron chi connectivity index (χ1n) is 4.09. The van der Waals surface area contributed by atoms with Crippen LogP contribution >= 0.6 is 0 Å². The highest BCUT2D eigenvalue weighted by Gasteiger charge is 2.38. The van der Waals surface area contributed by atoms with Crippen LogP contribution in [-0.4, -0.2) is 16.1 Å². The van der Waals surface area contributed by atoms with E-state index < -0.39 is 18.0 Å². The Balaban J connectivity index is 2.71. The van der Waals surface area contributed by atoms with Crippen LogP contribution < -0.4 is 0 Å². The lowest BCUT2D eigenvalue weighted by Gasteiger charge is -1.97. The third-order valence-corrected chi connectivity index (χ3v) is 1.89. The lowest BCUT2D eigenvalue weighted by molar-refractivity contribution is -0.156. The first-order chi connectivity index (χ1) is 7.39. The number of aromatic nitrogens is 1. The SMILES string of the molecule is O=C(O)c1cccc2nc(C(F)(F)F)oc12. The molecule has 7 heteroatoms. The van der Waals surface area contributed by atoms with Crippen LogP contribution in [-0.2, 0) is 6.18 Å². The van der Waals surface area contributed by atoms with Crippen molar-refractivity contribution in [3.8, 4) is 0 Å². The first kappa shape index (κ1) is 10.5. The lowest BCUT2D eigenvalue weighted by atomic mass is 10.2. The molecular formula is C9H4F3NO3. The highest BCUT2D eigenvalue weighted by Crippen LogP contribution is 2.32. The molecule has 1 aromatic heterocycles. The fourth-order valence-corrected chi connectivity index (χ4v) is 1.24. The number of aromatic carboxylic acids is 1. The second kappa shape index (κ2) is 3.22. The van der Waals surface area contributed by atoms with Crippen molar-refractivity contribution in [2.75, 3.05) is 0 Å². The monoisotopic (exact) mass is 231 g/mol. The highest BCUT2D eigenvalue weighted by molar-refractivity contribution is 5.99. The molecule has 84 valence electrons. The van der Waals surface area contributed by atoms with Crippen molar-refractivity contribution in [2.24, 2.45) is 0 Å². The number of carboxylic acid groups (broad SMARTS) is 1. The van der Waals surface area contributed by atoms with Crippen molar-refractivity contribution in [3.63, 3.8) is 0 Å². The number of carboxylic acids is 1. The van der Waals surface area contributed by atoms with Crippen molar-refractivity contribution in [1.82, 2.24) is 4.98 Å². The summed E-state index contributed by atoms with van der Waals surface area (Å²) in [6.45, 7) is 0. The van der Waals surface area contributed by atoms with Gasteiger partial charge < -0.3 is 9.52 Å². The maximum Gasteiger partial charge on any atom is 0.468 e. The predicted molar refractivity (Wildman–Crippen MR) is 46.0 cm³/mol. The summed E-state index contributed by atoms with van der Waals surface area (Å²) in [7, 11) is 0. The molecule has 0 aliphatic rings. The summed E-state index contributed by atoms with van der Waals surface area (Å²) in [6.07, 6.45) is -4.73. The zero-order chi connectivity index (χ0) is 11.9. The number of nitrogens with zero attached hydrogens (tertiary/aromatic N) is 1. The smallest absolute Gasteiger partial charge is 0.468 e. The van der Waals surface area contributed by atoms with Crippen LogP contribution in [0, 0.1) is 0 Å². The van der Waals surface area contributed by atoms with Crippen LogP contribution in [0.3, 0.4) is 0 Å². The van der Waals surface area contributed by atoms with Crippen LogP contribution in [0.5, 0.6) is 0 Å². The largest absolute Gasteiger partial charge is 0.478 e. The number of halogens is 3. The molecule has 4 nitrogen and oxygen atoms in total. The molecule has 0 saturated carbocycles. The van der Waals surface area contributed by atoms with Gasteiger partial charge >= 0.3 is 18.0 Å². The second-order valence-corrected chi connectivity index (χ2v) is 2.98. The minimum atomic E-state index is -4.73. The maximum atomic E-state index is 12.3. The Hall–Kier alpha value is -2.05. The second-order valence-electron chi connectivity index (χ2n) is 2.98. The van der Waals surface area contributed by atoms with E-state index >= 15 is 0 Å². The third kappa shape index (κ3) is 1.60. The molecule has 0 bridgehead atoms. The van der Waals surface area contributed by atoms with Gasteiger partial charge in [0.2, 0.25) is 0 Å². The van der Waals surface area contributed by atoms with Gasteiger partial charge in [-0.15, -0.1) is 0 Å². The standard InChI is InChI=1S/C9H4F3NO3/c10-9(11,12)8-13-5-3-1-2-4(7(14)15)6(5)16-8/h1-3H,(H,14,15). The van der Waals surface area contributed by atoms with Crippen LogP contribution in [0.15, 0.2) is 22.6 Å². The van der Waals surface area contributed by atoms with Gasteiger partial charge in [0.25, 0.3) is 0 Å². The van der Waals surface area contributed by atoms with Crippen molar-refractivity contribution in [1.29, 1.82) is 0 Å². The summed E-state index contributed by atoms with van der Waals surface area (Å²) in [5.41, 5.74) is -0.852. The molecule has 0 saturated heterocycles. The minimum Gasteiger partial charge on any atom is -0.478 e. The Morgan fingerprint density at radius 3 is 2.62 bits per heavy atom. The van der Waals surface area contributed by atoms with Gasteiger partial charge in [0.1, 0.15) is 11.1 Å². The number of rotatable bonds is 1. The molecule has 0 amide bonds. The zero-order valence-electron chi connectivity index (χ0n) is 7.58. The fraction of sp³-hybridized carbons (Fsp3) is 0.111. The Kier molecular flexibility index (Phi) is 2.11. The topological polar surface area (TPSA) is 63.3 Å². The molecule has 16 heavy (non-hydrogen) atoms. The summed E-state index contributed by atoms with van der Waals surface area (Å²) >= 11 is 0. The Labute approximate surface area is 86.3 Å². The van der Waals surface area contributed by atoms with Gasteiger partial charge in [0, 0.05) is 0 Å². The highest BCUT2D eigenvalue weighted by atomic mass is 19.4. The van der Waals surface area contributed by atoms with E-state index in [2.05, 4.69) is 9.40 Å². The molecule has 0 unspecified atom stereocenters. The molecule has 0 aliphatic carbocycles. The average molecular weight is 231 g/mol. The molecule has 0 radical (unpaired) electrons. The maximum absolute atomic E-state index is 12.3. The van der Waals surface area contributed by atoms with Crippen LogP contribution in [0.25, 0.3) is 11.1 Å². The number of hydrogen-bond donors (Lipinski definition) is 1. The van der Waals surface area contributed by atoms with Gasteiger partial charge in [-0.3, -0.25) is 0 Å². The molecule has 0 aliphatic heterocycles. The number of alkyl halides is 3. The van der Waals surface area contributed by atoms with Gasteiger partial charge in [-0.25, -0.2) is 9.78 Å². The summed E-state index contributed by atoms with van der Waals surface area (Å²) in [4.78, 5) is 13.9. The van der Waals surface area contributed by atoms with E-state index in [4.69, 9.17) is 5.11 Å². The molecule has 2 aromatic rings. The third-order valence-electron chi connectivity index (χ3n) is 1.89. The van der Waals surface area contributed by atoms with Gasteiger partial charge in [0.05, 0.1) is 0 Å². The van der Waals surface area contributed by atoms with Crippen molar-refractivity contribution in [2.45, 2.75) is 6.18 Å². The molecule has 1 N–H and O–H groups in total. The van der Waals surface area contributed by atoms with Crippen molar-refractivity contribution in [3.05, 3.63) is 29.7 Å². The quantitative estimate of drug-likeness (QED) is 0.819. The van der Waals surface area contributed by atoms with Crippen LogP contribution in [0.1, 0.15) is 16.2 Å². The molecular weight excluding hydrogens is 227 g/mol. The average Bonchev–Trinajstić information content (AvgIpc) is 2.59. The predicted octanol–water partition coefficient (Wildman–Crippen LogP) is 2.54. The van der Waals surface area contributed by atoms with E-state index in [1.807, 2.05) is 0 Å². The van der Waals surface area contributed by atoms with Crippen LogP contribution in [0.4, 0.5) is 13.2 Å². The minimum absolute atomic E-state index is 0.132.